The summed E-state index contributed by atoms with van der Waals surface area (Å²) >= 11 is 1.57. The molecule has 0 aliphatic carbocycles. The zero-order valence-corrected chi connectivity index (χ0v) is 9.51. The molecule has 0 bridgehead atoms. The van der Waals surface area contributed by atoms with E-state index in [1.165, 1.54) is 14.0 Å². The van der Waals surface area contributed by atoms with E-state index in [1.54, 1.807) is 25.6 Å². The van der Waals surface area contributed by atoms with Crippen molar-refractivity contribution < 1.29 is 19.0 Å². The van der Waals surface area contributed by atoms with Gasteiger partial charge in [0.05, 0.1) is 21.3 Å². The second-order valence-electron chi connectivity index (χ2n) is 2.20. The van der Waals surface area contributed by atoms with Crippen LogP contribution >= 0.6 is 11.3 Å². The number of esters is 1. The van der Waals surface area contributed by atoms with Gasteiger partial charge in [-0.05, 0) is 0 Å². The first-order valence-corrected chi connectivity index (χ1v) is 4.78. The minimum Gasteiger partial charge on any atom is -0.492 e. The van der Waals surface area contributed by atoms with Crippen molar-refractivity contribution in [2.45, 2.75) is 6.92 Å². The molecule has 0 spiro atoms. The van der Waals surface area contributed by atoms with Gasteiger partial charge >= 0.3 is 5.97 Å². The zero-order chi connectivity index (χ0) is 11.0. The number of rotatable bonds is 2. The molecule has 0 aliphatic heterocycles. The first-order chi connectivity index (χ1) is 6.65. The molecule has 80 valence electrons. The summed E-state index contributed by atoms with van der Waals surface area (Å²) in [5.41, 5.74) is 0. The summed E-state index contributed by atoms with van der Waals surface area (Å²) in [4.78, 5) is 9.59. The normalized spacial score (nSPS) is 8.29. The lowest BCUT2D eigenvalue weighted by Gasteiger charge is -1.98. The second kappa shape index (κ2) is 7.20. The highest BCUT2D eigenvalue weighted by molar-refractivity contribution is 7.08. The molecule has 1 rings (SSSR count). The maximum absolute atomic E-state index is 9.59. The molecular formula is C9H14O4S. The van der Waals surface area contributed by atoms with Crippen LogP contribution in [0.3, 0.4) is 0 Å². The van der Waals surface area contributed by atoms with Gasteiger partial charge in [-0.2, -0.15) is 0 Å². The maximum Gasteiger partial charge on any atom is 0.302 e. The van der Waals surface area contributed by atoms with Crippen molar-refractivity contribution in [3.05, 3.63) is 10.8 Å². The summed E-state index contributed by atoms with van der Waals surface area (Å²) < 4.78 is 14.0. The van der Waals surface area contributed by atoms with Crippen LogP contribution in [0.15, 0.2) is 10.8 Å². The van der Waals surface area contributed by atoms with Crippen molar-refractivity contribution in [1.82, 2.24) is 0 Å². The van der Waals surface area contributed by atoms with Gasteiger partial charge in [-0.1, -0.05) is 0 Å². The molecule has 5 heteroatoms. The van der Waals surface area contributed by atoms with E-state index in [2.05, 4.69) is 4.74 Å². The van der Waals surface area contributed by atoms with Crippen LogP contribution in [0.25, 0.3) is 0 Å². The molecular weight excluding hydrogens is 204 g/mol. The Labute approximate surface area is 87.4 Å². The molecule has 0 radical (unpaired) electrons. The number of methoxy groups -OCH3 is 3. The number of hydrogen-bond donors (Lipinski definition) is 0. The van der Waals surface area contributed by atoms with Gasteiger partial charge in [0.25, 0.3) is 0 Å². The van der Waals surface area contributed by atoms with Gasteiger partial charge < -0.3 is 14.2 Å². The van der Waals surface area contributed by atoms with Crippen molar-refractivity contribution in [3.8, 4) is 11.5 Å². The Hall–Kier alpha value is -1.23. The van der Waals surface area contributed by atoms with E-state index in [0.717, 1.165) is 11.5 Å². The average molecular weight is 218 g/mol. The summed E-state index contributed by atoms with van der Waals surface area (Å²) in [6, 6.07) is 0. The van der Waals surface area contributed by atoms with Gasteiger partial charge in [0.1, 0.15) is 0 Å². The lowest BCUT2D eigenvalue weighted by Crippen LogP contribution is -1.88. The molecule has 1 aromatic heterocycles. The van der Waals surface area contributed by atoms with Crippen molar-refractivity contribution in [1.29, 1.82) is 0 Å². The smallest absolute Gasteiger partial charge is 0.302 e. The molecule has 0 aliphatic rings. The first-order valence-electron chi connectivity index (χ1n) is 3.84. The largest absolute Gasteiger partial charge is 0.492 e. The summed E-state index contributed by atoms with van der Waals surface area (Å²) in [6.07, 6.45) is 0. The first kappa shape index (κ1) is 12.8. The molecule has 0 atom stereocenters. The Morgan fingerprint density at radius 1 is 1.14 bits per heavy atom. The van der Waals surface area contributed by atoms with Crippen LogP contribution in [0.1, 0.15) is 6.92 Å². The van der Waals surface area contributed by atoms with E-state index in [0.29, 0.717) is 0 Å². The van der Waals surface area contributed by atoms with Crippen molar-refractivity contribution >= 4 is 17.3 Å². The molecule has 0 aromatic carbocycles. The van der Waals surface area contributed by atoms with Gasteiger partial charge in [-0.15, -0.1) is 11.3 Å². The summed E-state index contributed by atoms with van der Waals surface area (Å²) in [5, 5.41) is 3.80. The van der Waals surface area contributed by atoms with E-state index in [4.69, 9.17) is 9.47 Å². The quantitative estimate of drug-likeness (QED) is 0.712. The molecule has 0 saturated heterocycles. The molecule has 14 heavy (non-hydrogen) atoms. The Kier molecular flexibility index (Phi) is 6.57. The Morgan fingerprint density at radius 3 is 1.71 bits per heavy atom. The fourth-order valence-electron chi connectivity index (χ4n) is 0.571. The lowest BCUT2D eigenvalue weighted by molar-refractivity contribution is -0.137. The predicted molar refractivity (Wildman–Crippen MR) is 55.1 cm³/mol. The average Bonchev–Trinajstić information content (AvgIpc) is 2.65. The van der Waals surface area contributed by atoms with Gasteiger partial charge in [-0.3, -0.25) is 4.79 Å². The summed E-state index contributed by atoms with van der Waals surface area (Å²) in [5.74, 6) is 1.37. The second-order valence-corrected chi connectivity index (χ2v) is 2.95. The molecule has 0 saturated carbocycles. The highest BCUT2D eigenvalue weighted by Crippen LogP contribution is 2.30. The van der Waals surface area contributed by atoms with E-state index < -0.39 is 0 Å². The van der Waals surface area contributed by atoms with Crippen LogP contribution in [-0.2, 0) is 9.53 Å². The number of thiophene rings is 1. The SMILES string of the molecule is COC(C)=O.COc1cscc1OC. The van der Waals surface area contributed by atoms with E-state index in [9.17, 15) is 4.79 Å². The molecule has 1 aromatic rings. The number of ether oxygens (including phenoxy) is 3. The highest BCUT2D eigenvalue weighted by Gasteiger charge is 2.00. The fourth-order valence-corrected chi connectivity index (χ4v) is 1.31. The minimum atomic E-state index is -0.245. The predicted octanol–water partition coefficient (Wildman–Crippen LogP) is 1.94. The minimum absolute atomic E-state index is 0.245. The van der Waals surface area contributed by atoms with Crippen LogP contribution in [0.5, 0.6) is 11.5 Å². The Morgan fingerprint density at radius 2 is 1.50 bits per heavy atom. The molecule has 1 heterocycles. The molecule has 0 unspecified atom stereocenters. The Balaban J connectivity index is 0.000000292. The fraction of sp³-hybridized carbons (Fsp3) is 0.444. The maximum atomic E-state index is 9.59. The van der Waals surface area contributed by atoms with Gasteiger partial charge in [0.2, 0.25) is 0 Å². The monoisotopic (exact) mass is 218 g/mol. The zero-order valence-electron chi connectivity index (χ0n) is 8.70. The third-order valence-electron chi connectivity index (χ3n) is 1.32. The molecule has 0 fully saturated rings. The topological polar surface area (TPSA) is 44.8 Å². The van der Waals surface area contributed by atoms with Crippen molar-refractivity contribution in [2.24, 2.45) is 0 Å². The number of hydrogen-bond acceptors (Lipinski definition) is 5. The van der Waals surface area contributed by atoms with E-state index in [1.807, 2.05) is 10.8 Å². The van der Waals surface area contributed by atoms with Gasteiger partial charge in [-0.25, -0.2) is 0 Å². The van der Waals surface area contributed by atoms with E-state index >= 15 is 0 Å². The van der Waals surface area contributed by atoms with Gasteiger partial charge in [0, 0.05) is 17.7 Å². The third-order valence-corrected chi connectivity index (χ3v) is 2.02. The number of carbonyl (C=O) groups excluding carboxylic acids is 1. The molecule has 0 amide bonds. The van der Waals surface area contributed by atoms with Crippen LogP contribution < -0.4 is 9.47 Å². The van der Waals surface area contributed by atoms with Crippen LogP contribution in [0.2, 0.25) is 0 Å². The van der Waals surface area contributed by atoms with Crippen LogP contribution in [0.4, 0.5) is 0 Å². The Bertz CT molecular complexity index is 251. The molecule has 4 nitrogen and oxygen atoms in total. The summed E-state index contributed by atoms with van der Waals surface area (Å²) in [6.45, 7) is 1.36. The van der Waals surface area contributed by atoms with Crippen LogP contribution in [-0.4, -0.2) is 27.3 Å². The molecule has 0 N–H and O–H groups in total. The van der Waals surface area contributed by atoms with Crippen molar-refractivity contribution in [3.63, 3.8) is 0 Å². The van der Waals surface area contributed by atoms with Crippen LogP contribution in [0, 0.1) is 0 Å². The lowest BCUT2D eigenvalue weighted by atomic mass is 10.5. The highest BCUT2D eigenvalue weighted by atomic mass is 32.1. The van der Waals surface area contributed by atoms with E-state index in [-0.39, 0.29) is 5.97 Å². The van der Waals surface area contributed by atoms with Crippen molar-refractivity contribution in [2.75, 3.05) is 21.3 Å². The standard InChI is InChI=1S/C6H8O2S.C3H6O2/c1-7-5-3-9-4-6(5)8-2;1-3(4)5-2/h3-4H,1-2H3;1-2H3. The summed E-state index contributed by atoms with van der Waals surface area (Å²) in [7, 11) is 4.61. The third kappa shape index (κ3) is 4.71. The number of carbonyl (C=O) groups is 1. The van der Waals surface area contributed by atoms with Gasteiger partial charge in [0.15, 0.2) is 11.5 Å².